The topological polar surface area (TPSA) is 36.3 Å². The van der Waals surface area contributed by atoms with Crippen LogP contribution in [0.1, 0.15) is 12.5 Å². The minimum absolute atomic E-state index is 0.267. The Morgan fingerprint density at radius 3 is 2.55 bits per heavy atom. The summed E-state index contributed by atoms with van der Waals surface area (Å²) in [6.07, 6.45) is 2.10. The van der Waals surface area contributed by atoms with Gasteiger partial charge in [-0.05, 0) is 17.6 Å². The Labute approximate surface area is 125 Å². The van der Waals surface area contributed by atoms with E-state index in [1.54, 1.807) is 11.8 Å². The zero-order valence-electron chi connectivity index (χ0n) is 12.2. The van der Waals surface area contributed by atoms with E-state index in [0.717, 1.165) is 24.4 Å². The summed E-state index contributed by atoms with van der Waals surface area (Å²) in [7, 11) is 0. The van der Waals surface area contributed by atoms with Crippen LogP contribution in [0.15, 0.2) is 30.3 Å². The summed E-state index contributed by atoms with van der Waals surface area (Å²) in [6.45, 7) is 5.25. The van der Waals surface area contributed by atoms with Crippen molar-refractivity contribution in [2.45, 2.75) is 12.5 Å². The summed E-state index contributed by atoms with van der Waals surface area (Å²) in [5.74, 6) is 1.24. The monoisotopic (exact) mass is 290 g/mol. The highest BCUT2D eigenvalue weighted by Gasteiger charge is 2.44. The van der Waals surface area contributed by atoms with Crippen molar-refractivity contribution in [2.75, 3.05) is 38.3 Å². The highest BCUT2D eigenvalue weighted by atomic mass is 32.2. The third kappa shape index (κ3) is 2.85. The van der Waals surface area contributed by atoms with Gasteiger partial charge in [0.15, 0.2) is 0 Å². The molecule has 2 rings (SSSR count). The predicted molar refractivity (Wildman–Crippen MR) is 83.7 cm³/mol. The summed E-state index contributed by atoms with van der Waals surface area (Å²) in [4.78, 5) is 2.30. The maximum absolute atomic E-state index is 10.0. The maximum atomic E-state index is 10.0. The molecule has 108 valence electrons. The van der Waals surface area contributed by atoms with Crippen LogP contribution in [0.4, 0.5) is 0 Å². The van der Waals surface area contributed by atoms with Crippen LogP contribution >= 0.6 is 11.8 Å². The van der Waals surface area contributed by atoms with E-state index in [1.165, 1.54) is 0 Å². The Bertz CT molecular complexity index is 453. The lowest BCUT2D eigenvalue weighted by Gasteiger charge is -2.44. The number of rotatable bonds is 5. The molecule has 1 aliphatic rings. The van der Waals surface area contributed by atoms with Gasteiger partial charge < -0.3 is 4.74 Å². The van der Waals surface area contributed by atoms with E-state index >= 15 is 0 Å². The normalized spacial score (nSPS) is 20.9. The number of nitriles is 1. The van der Waals surface area contributed by atoms with Crippen LogP contribution in [0.2, 0.25) is 0 Å². The van der Waals surface area contributed by atoms with Crippen molar-refractivity contribution in [2.24, 2.45) is 5.92 Å². The van der Waals surface area contributed by atoms with Gasteiger partial charge in [0.1, 0.15) is 5.54 Å². The molecule has 0 unspecified atom stereocenters. The highest BCUT2D eigenvalue weighted by molar-refractivity contribution is 7.98. The second-order valence-corrected chi connectivity index (χ2v) is 6.11. The van der Waals surface area contributed by atoms with Crippen molar-refractivity contribution in [3.8, 4) is 6.07 Å². The molecule has 1 heterocycles. The van der Waals surface area contributed by atoms with Crippen molar-refractivity contribution in [1.29, 1.82) is 5.26 Å². The average Bonchev–Trinajstić information content (AvgIpc) is 2.51. The van der Waals surface area contributed by atoms with Crippen LogP contribution < -0.4 is 0 Å². The van der Waals surface area contributed by atoms with Gasteiger partial charge in [-0.2, -0.15) is 17.0 Å². The summed E-state index contributed by atoms with van der Waals surface area (Å²) in [5, 5.41) is 10.0. The lowest BCUT2D eigenvalue weighted by molar-refractivity contribution is -0.0197. The molecule has 2 atom stereocenters. The van der Waals surface area contributed by atoms with Crippen molar-refractivity contribution < 1.29 is 4.74 Å². The van der Waals surface area contributed by atoms with E-state index in [-0.39, 0.29) is 5.92 Å². The van der Waals surface area contributed by atoms with Gasteiger partial charge in [0.2, 0.25) is 0 Å². The molecule has 0 saturated carbocycles. The molecule has 0 radical (unpaired) electrons. The van der Waals surface area contributed by atoms with Gasteiger partial charge >= 0.3 is 0 Å². The fourth-order valence-electron chi connectivity index (χ4n) is 3.00. The first-order valence-electron chi connectivity index (χ1n) is 7.04. The number of morpholine rings is 1. The lowest BCUT2D eigenvalue weighted by Crippen LogP contribution is -2.54. The van der Waals surface area contributed by atoms with Crippen LogP contribution in [-0.4, -0.2) is 43.2 Å². The van der Waals surface area contributed by atoms with E-state index < -0.39 is 5.54 Å². The molecule has 1 fully saturated rings. The fraction of sp³-hybridized carbons (Fsp3) is 0.562. The number of hydrogen-bond donors (Lipinski definition) is 0. The molecule has 0 aromatic heterocycles. The second-order valence-electron chi connectivity index (χ2n) is 5.20. The SMILES string of the molecule is CSC[C@@H](C)[C@](C#N)(c1ccccc1)N1CCOCC1. The zero-order valence-corrected chi connectivity index (χ0v) is 13.0. The van der Waals surface area contributed by atoms with Gasteiger partial charge in [-0.15, -0.1) is 0 Å². The molecule has 0 aliphatic carbocycles. The first kappa shape index (κ1) is 15.4. The lowest BCUT2D eigenvalue weighted by atomic mass is 9.79. The molecule has 0 N–H and O–H groups in total. The van der Waals surface area contributed by atoms with Gasteiger partial charge in [0, 0.05) is 19.0 Å². The first-order valence-corrected chi connectivity index (χ1v) is 8.43. The van der Waals surface area contributed by atoms with E-state index in [0.29, 0.717) is 13.2 Å². The number of hydrogen-bond acceptors (Lipinski definition) is 4. The van der Waals surface area contributed by atoms with Gasteiger partial charge in [0.05, 0.1) is 19.3 Å². The zero-order chi connectivity index (χ0) is 14.4. The minimum atomic E-state index is -0.548. The maximum Gasteiger partial charge on any atom is 0.138 e. The molecule has 0 amide bonds. The Hall–Kier alpha value is -1.02. The Balaban J connectivity index is 2.43. The van der Waals surface area contributed by atoms with Gasteiger partial charge in [-0.3, -0.25) is 4.90 Å². The third-order valence-electron chi connectivity index (χ3n) is 4.02. The molecule has 0 bridgehead atoms. The number of nitrogens with zero attached hydrogens (tertiary/aromatic N) is 2. The summed E-state index contributed by atoms with van der Waals surface area (Å²) >= 11 is 1.80. The van der Waals surface area contributed by atoms with Crippen LogP contribution in [0.25, 0.3) is 0 Å². The van der Waals surface area contributed by atoms with E-state index in [1.807, 2.05) is 18.2 Å². The van der Waals surface area contributed by atoms with Gasteiger partial charge in [-0.25, -0.2) is 0 Å². The molecular weight excluding hydrogens is 268 g/mol. The third-order valence-corrected chi connectivity index (χ3v) is 4.86. The molecular formula is C16H22N2OS. The highest BCUT2D eigenvalue weighted by Crippen LogP contribution is 2.37. The number of thioether (sulfide) groups is 1. The predicted octanol–water partition coefficient (Wildman–Crippen LogP) is 2.74. The Morgan fingerprint density at radius 1 is 1.35 bits per heavy atom. The molecule has 20 heavy (non-hydrogen) atoms. The van der Waals surface area contributed by atoms with Gasteiger partial charge in [-0.1, -0.05) is 37.3 Å². The smallest absolute Gasteiger partial charge is 0.138 e. The van der Waals surface area contributed by atoms with E-state index in [4.69, 9.17) is 4.74 Å². The van der Waals surface area contributed by atoms with Crippen LogP contribution in [0.5, 0.6) is 0 Å². The molecule has 1 saturated heterocycles. The Morgan fingerprint density at radius 2 is 2.00 bits per heavy atom. The molecule has 1 aromatic carbocycles. The van der Waals surface area contributed by atoms with Crippen molar-refractivity contribution in [1.82, 2.24) is 4.90 Å². The summed E-state index contributed by atoms with van der Waals surface area (Å²) in [5.41, 5.74) is 0.555. The standard InChI is InChI=1S/C16H22N2OS/c1-14(12-20-2)16(13-17,15-6-4-3-5-7-15)18-8-10-19-11-9-18/h3-7,14H,8-12H2,1-2H3/t14-,16-/m1/s1. The molecule has 3 nitrogen and oxygen atoms in total. The molecule has 1 aromatic rings. The number of ether oxygens (including phenoxy) is 1. The van der Waals surface area contributed by atoms with Crippen molar-refractivity contribution in [3.05, 3.63) is 35.9 Å². The van der Waals surface area contributed by atoms with Crippen molar-refractivity contribution in [3.63, 3.8) is 0 Å². The second kappa shape index (κ2) is 7.12. The van der Waals surface area contributed by atoms with Crippen LogP contribution in [0.3, 0.4) is 0 Å². The molecule has 0 spiro atoms. The van der Waals surface area contributed by atoms with Crippen LogP contribution in [0, 0.1) is 17.2 Å². The summed E-state index contributed by atoms with van der Waals surface area (Å²) < 4.78 is 5.46. The Kier molecular flexibility index (Phi) is 5.47. The molecule has 4 heteroatoms. The molecule has 1 aliphatic heterocycles. The average molecular weight is 290 g/mol. The first-order chi connectivity index (χ1) is 9.75. The fourth-order valence-corrected chi connectivity index (χ4v) is 3.74. The summed E-state index contributed by atoms with van der Waals surface area (Å²) in [6, 6.07) is 12.8. The largest absolute Gasteiger partial charge is 0.379 e. The van der Waals surface area contributed by atoms with Gasteiger partial charge in [0.25, 0.3) is 0 Å². The number of benzene rings is 1. The van der Waals surface area contributed by atoms with Crippen molar-refractivity contribution >= 4 is 11.8 Å². The van der Waals surface area contributed by atoms with E-state index in [2.05, 4.69) is 36.3 Å². The van der Waals surface area contributed by atoms with Crippen LogP contribution in [-0.2, 0) is 10.3 Å². The van der Waals surface area contributed by atoms with E-state index in [9.17, 15) is 5.26 Å². The quantitative estimate of drug-likeness (QED) is 0.835. The minimum Gasteiger partial charge on any atom is -0.379 e.